The lowest BCUT2D eigenvalue weighted by Crippen LogP contribution is -2.16. The van der Waals surface area contributed by atoms with Crippen molar-refractivity contribution in [1.29, 1.82) is 0 Å². The van der Waals surface area contributed by atoms with E-state index in [9.17, 15) is 9.59 Å². The Hall–Kier alpha value is -2.05. The second-order valence-electron chi connectivity index (χ2n) is 4.24. The summed E-state index contributed by atoms with van der Waals surface area (Å²) in [6.45, 7) is 0. The Morgan fingerprint density at radius 2 is 1.81 bits per heavy atom. The molecule has 0 unspecified atom stereocenters. The molecular weight excluding hydrogens is 358 g/mol. The molecule has 0 aromatic heterocycles. The van der Waals surface area contributed by atoms with E-state index in [0.29, 0.717) is 16.9 Å². The summed E-state index contributed by atoms with van der Waals surface area (Å²) in [6.07, 6.45) is 0. The number of hydrogen-bond acceptors (Lipinski definition) is 3. The molecule has 0 spiro atoms. The average molecular weight is 369 g/mol. The SMILES string of the molecule is NC(=O)c1cc(NC(=O)c2cc(Br)ccc2N)ccc1Cl. The third kappa shape index (κ3) is 3.53. The Balaban J connectivity index is 2.29. The summed E-state index contributed by atoms with van der Waals surface area (Å²) in [5, 5.41) is 2.87. The van der Waals surface area contributed by atoms with Crippen LogP contribution < -0.4 is 16.8 Å². The molecule has 0 atom stereocenters. The fourth-order valence-electron chi connectivity index (χ4n) is 1.72. The fraction of sp³-hybridized carbons (Fsp3) is 0. The van der Waals surface area contributed by atoms with Gasteiger partial charge >= 0.3 is 0 Å². The summed E-state index contributed by atoms with van der Waals surface area (Å²) in [5.74, 6) is -1.07. The normalized spacial score (nSPS) is 10.2. The van der Waals surface area contributed by atoms with E-state index in [-0.39, 0.29) is 10.6 Å². The minimum atomic E-state index is -0.668. The number of halogens is 2. The molecule has 0 saturated carbocycles. The van der Waals surface area contributed by atoms with E-state index in [4.69, 9.17) is 23.1 Å². The fourth-order valence-corrected chi connectivity index (χ4v) is 2.29. The van der Waals surface area contributed by atoms with Crippen LogP contribution in [0.5, 0.6) is 0 Å². The topological polar surface area (TPSA) is 98.2 Å². The zero-order valence-electron chi connectivity index (χ0n) is 10.7. The van der Waals surface area contributed by atoms with Gasteiger partial charge in [0.1, 0.15) is 0 Å². The van der Waals surface area contributed by atoms with E-state index in [1.165, 1.54) is 12.1 Å². The maximum atomic E-state index is 12.2. The minimum absolute atomic E-state index is 0.136. The lowest BCUT2D eigenvalue weighted by atomic mass is 10.1. The van der Waals surface area contributed by atoms with E-state index in [2.05, 4.69) is 21.2 Å². The van der Waals surface area contributed by atoms with E-state index >= 15 is 0 Å². The van der Waals surface area contributed by atoms with Crippen molar-refractivity contribution >= 4 is 50.7 Å². The first-order valence-corrected chi connectivity index (χ1v) is 7.01. The largest absolute Gasteiger partial charge is 0.398 e. The van der Waals surface area contributed by atoms with Crippen LogP contribution in [-0.4, -0.2) is 11.8 Å². The molecule has 7 heteroatoms. The quantitative estimate of drug-likeness (QED) is 0.726. The molecule has 0 aliphatic carbocycles. The van der Waals surface area contributed by atoms with E-state index < -0.39 is 11.8 Å². The summed E-state index contributed by atoms with van der Waals surface area (Å²) in [6, 6.07) is 9.43. The summed E-state index contributed by atoms with van der Waals surface area (Å²) >= 11 is 9.13. The molecule has 0 aliphatic heterocycles. The highest BCUT2D eigenvalue weighted by Gasteiger charge is 2.13. The van der Waals surface area contributed by atoms with Gasteiger partial charge in [0.2, 0.25) is 5.91 Å². The monoisotopic (exact) mass is 367 g/mol. The second kappa shape index (κ2) is 6.15. The van der Waals surface area contributed by atoms with E-state index in [0.717, 1.165) is 4.47 Å². The molecule has 0 bridgehead atoms. The van der Waals surface area contributed by atoms with Crippen molar-refractivity contribution in [2.24, 2.45) is 5.73 Å². The molecule has 5 N–H and O–H groups in total. The van der Waals surface area contributed by atoms with Crippen molar-refractivity contribution in [3.8, 4) is 0 Å². The van der Waals surface area contributed by atoms with Crippen molar-refractivity contribution in [2.45, 2.75) is 0 Å². The van der Waals surface area contributed by atoms with E-state index in [1.807, 2.05) is 0 Å². The van der Waals surface area contributed by atoms with Gasteiger partial charge in [0.05, 0.1) is 16.1 Å². The van der Waals surface area contributed by atoms with Crippen LogP contribution in [0.4, 0.5) is 11.4 Å². The molecule has 2 rings (SSSR count). The molecule has 108 valence electrons. The van der Waals surface area contributed by atoms with Crippen LogP contribution in [0.2, 0.25) is 5.02 Å². The van der Waals surface area contributed by atoms with Crippen LogP contribution in [0, 0.1) is 0 Å². The van der Waals surface area contributed by atoms with Crippen LogP contribution in [-0.2, 0) is 0 Å². The van der Waals surface area contributed by atoms with Crippen LogP contribution in [0.3, 0.4) is 0 Å². The Morgan fingerprint density at radius 3 is 2.48 bits per heavy atom. The molecule has 0 fully saturated rings. The zero-order valence-corrected chi connectivity index (χ0v) is 13.0. The zero-order chi connectivity index (χ0) is 15.6. The molecule has 2 aromatic rings. The van der Waals surface area contributed by atoms with Gasteiger partial charge < -0.3 is 16.8 Å². The lowest BCUT2D eigenvalue weighted by molar-refractivity contribution is 0.0996. The van der Waals surface area contributed by atoms with Crippen molar-refractivity contribution in [1.82, 2.24) is 0 Å². The number of nitrogens with two attached hydrogens (primary N) is 2. The molecule has 0 aliphatic rings. The van der Waals surface area contributed by atoms with Gasteiger partial charge in [-0.05, 0) is 36.4 Å². The van der Waals surface area contributed by atoms with Gasteiger partial charge in [0.25, 0.3) is 5.91 Å². The maximum absolute atomic E-state index is 12.2. The number of carbonyl (C=O) groups is 2. The third-order valence-electron chi connectivity index (χ3n) is 2.75. The maximum Gasteiger partial charge on any atom is 0.257 e. The molecule has 2 amide bonds. The molecule has 21 heavy (non-hydrogen) atoms. The van der Waals surface area contributed by atoms with Crippen LogP contribution in [0.15, 0.2) is 40.9 Å². The number of nitrogen functional groups attached to an aromatic ring is 1. The minimum Gasteiger partial charge on any atom is -0.398 e. The van der Waals surface area contributed by atoms with Crippen LogP contribution in [0.1, 0.15) is 20.7 Å². The Labute approximate surface area is 134 Å². The van der Waals surface area contributed by atoms with Crippen LogP contribution >= 0.6 is 27.5 Å². The predicted molar refractivity (Wildman–Crippen MR) is 86.5 cm³/mol. The van der Waals surface area contributed by atoms with Gasteiger partial charge in [-0.1, -0.05) is 27.5 Å². The van der Waals surface area contributed by atoms with Gasteiger partial charge in [-0.25, -0.2) is 0 Å². The number of hydrogen-bond donors (Lipinski definition) is 3. The van der Waals surface area contributed by atoms with Crippen molar-refractivity contribution in [2.75, 3.05) is 11.1 Å². The number of rotatable bonds is 3. The number of nitrogens with one attached hydrogen (secondary N) is 1. The van der Waals surface area contributed by atoms with Gasteiger partial charge in [0.15, 0.2) is 0 Å². The number of primary amides is 1. The lowest BCUT2D eigenvalue weighted by Gasteiger charge is -2.09. The Morgan fingerprint density at radius 1 is 1.10 bits per heavy atom. The summed E-state index contributed by atoms with van der Waals surface area (Å²) in [7, 11) is 0. The van der Waals surface area contributed by atoms with Crippen molar-refractivity contribution < 1.29 is 9.59 Å². The summed E-state index contributed by atoms with van der Waals surface area (Å²) in [5.41, 5.74) is 12.2. The molecule has 2 aromatic carbocycles. The van der Waals surface area contributed by atoms with Crippen molar-refractivity contribution in [3.05, 3.63) is 57.0 Å². The molecular formula is C14H11BrClN3O2. The molecule has 0 radical (unpaired) electrons. The van der Waals surface area contributed by atoms with Crippen molar-refractivity contribution in [3.63, 3.8) is 0 Å². The first-order valence-electron chi connectivity index (χ1n) is 5.84. The second-order valence-corrected chi connectivity index (χ2v) is 5.57. The number of anilines is 2. The predicted octanol–water partition coefficient (Wildman–Crippen LogP) is 3.04. The van der Waals surface area contributed by atoms with Gasteiger partial charge in [-0.2, -0.15) is 0 Å². The smallest absolute Gasteiger partial charge is 0.257 e. The Kier molecular flexibility index (Phi) is 4.50. The number of amides is 2. The third-order valence-corrected chi connectivity index (χ3v) is 3.57. The molecule has 0 saturated heterocycles. The standard InChI is InChI=1S/C14H11BrClN3O2/c15-7-1-4-12(17)10(5-7)14(21)19-8-2-3-11(16)9(6-8)13(18)20/h1-6H,17H2,(H2,18,20)(H,19,21). The highest BCUT2D eigenvalue weighted by atomic mass is 79.9. The average Bonchev–Trinajstić information content (AvgIpc) is 2.43. The van der Waals surface area contributed by atoms with Gasteiger partial charge in [-0.15, -0.1) is 0 Å². The number of benzene rings is 2. The number of carbonyl (C=O) groups excluding carboxylic acids is 2. The van der Waals surface area contributed by atoms with Crippen LogP contribution in [0.25, 0.3) is 0 Å². The highest BCUT2D eigenvalue weighted by Crippen LogP contribution is 2.23. The van der Waals surface area contributed by atoms with Gasteiger partial charge in [0, 0.05) is 15.8 Å². The molecule has 5 nitrogen and oxygen atoms in total. The highest BCUT2D eigenvalue weighted by molar-refractivity contribution is 9.10. The Bertz CT molecular complexity index is 734. The summed E-state index contributed by atoms with van der Waals surface area (Å²) < 4.78 is 0.732. The molecule has 0 heterocycles. The van der Waals surface area contributed by atoms with E-state index in [1.54, 1.807) is 24.3 Å². The summed E-state index contributed by atoms with van der Waals surface area (Å²) in [4.78, 5) is 23.4. The first kappa shape index (κ1) is 15.3. The first-order chi connectivity index (χ1) is 9.88. The van der Waals surface area contributed by atoms with Gasteiger partial charge in [-0.3, -0.25) is 9.59 Å².